The third-order valence-corrected chi connectivity index (χ3v) is 4.60. The first-order valence-corrected chi connectivity index (χ1v) is 9.10. The molecular weight excluding hydrogens is 342 g/mol. The zero-order valence-corrected chi connectivity index (χ0v) is 15.9. The van der Waals surface area contributed by atoms with Gasteiger partial charge in [-0.1, -0.05) is 12.1 Å². The topological polar surface area (TPSA) is 61.9 Å². The van der Waals surface area contributed by atoms with Crippen molar-refractivity contribution in [2.24, 2.45) is 5.92 Å². The molecule has 1 aliphatic heterocycles. The van der Waals surface area contributed by atoms with Crippen molar-refractivity contribution in [2.75, 3.05) is 42.4 Å². The van der Waals surface area contributed by atoms with Gasteiger partial charge in [0, 0.05) is 38.4 Å². The van der Waals surface area contributed by atoms with Crippen LogP contribution < -0.4 is 19.9 Å². The van der Waals surface area contributed by atoms with Gasteiger partial charge in [0.05, 0.1) is 18.2 Å². The fourth-order valence-corrected chi connectivity index (χ4v) is 3.16. The van der Waals surface area contributed by atoms with Crippen LogP contribution in [0.5, 0.6) is 5.75 Å². The molecule has 2 amide bonds. The maximum Gasteiger partial charge on any atom is 0.229 e. The van der Waals surface area contributed by atoms with Crippen LogP contribution in [0, 0.1) is 5.92 Å². The standard InChI is InChI=1S/C21H25N3O3/c1-4-27-19-8-6-5-7-18(19)24-14-15(13-20(24)25)21(26)22-16-9-11-17(12-10-16)23(2)3/h5-12,15H,4,13-14H2,1-3H3,(H,22,26). The number of ether oxygens (including phenoxy) is 1. The highest BCUT2D eigenvalue weighted by molar-refractivity contribution is 6.04. The molecule has 0 saturated carbocycles. The number of para-hydroxylation sites is 2. The Labute approximate surface area is 159 Å². The van der Waals surface area contributed by atoms with E-state index in [1.807, 2.05) is 74.4 Å². The number of rotatable bonds is 6. The first kappa shape index (κ1) is 18.8. The highest BCUT2D eigenvalue weighted by Gasteiger charge is 2.36. The summed E-state index contributed by atoms with van der Waals surface area (Å²) >= 11 is 0. The van der Waals surface area contributed by atoms with E-state index in [9.17, 15) is 9.59 Å². The van der Waals surface area contributed by atoms with Crippen LogP contribution in [0.25, 0.3) is 0 Å². The summed E-state index contributed by atoms with van der Waals surface area (Å²) in [6.07, 6.45) is 0.197. The number of nitrogens with zero attached hydrogens (tertiary/aromatic N) is 2. The number of hydrogen-bond acceptors (Lipinski definition) is 4. The van der Waals surface area contributed by atoms with Crippen LogP contribution in [-0.2, 0) is 9.59 Å². The molecule has 1 atom stereocenters. The first-order valence-electron chi connectivity index (χ1n) is 9.10. The van der Waals surface area contributed by atoms with Crippen molar-refractivity contribution in [1.82, 2.24) is 0 Å². The number of amides is 2. The van der Waals surface area contributed by atoms with E-state index in [1.54, 1.807) is 4.90 Å². The molecule has 6 nitrogen and oxygen atoms in total. The van der Waals surface area contributed by atoms with E-state index < -0.39 is 0 Å². The molecule has 0 aromatic heterocycles. The van der Waals surface area contributed by atoms with Crippen molar-refractivity contribution < 1.29 is 14.3 Å². The molecule has 1 fully saturated rings. The van der Waals surface area contributed by atoms with Crippen molar-refractivity contribution in [2.45, 2.75) is 13.3 Å². The molecule has 6 heteroatoms. The van der Waals surface area contributed by atoms with E-state index in [-0.39, 0.29) is 24.2 Å². The maximum absolute atomic E-state index is 12.6. The van der Waals surface area contributed by atoms with Gasteiger partial charge in [-0.3, -0.25) is 9.59 Å². The van der Waals surface area contributed by atoms with E-state index in [0.717, 1.165) is 17.1 Å². The predicted octanol–water partition coefficient (Wildman–Crippen LogP) is 3.14. The molecule has 2 aromatic rings. The number of benzene rings is 2. The van der Waals surface area contributed by atoms with Crippen LogP contribution in [0.15, 0.2) is 48.5 Å². The normalized spacial score (nSPS) is 16.3. The lowest BCUT2D eigenvalue weighted by atomic mass is 10.1. The van der Waals surface area contributed by atoms with Crippen molar-refractivity contribution in [3.63, 3.8) is 0 Å². The highest BCUT2D eigenvalue weighted by Crippen LogP contribution is 2.33. The molecule has 2 aromatic carbocycles. The van der Waals surface area contributed by atoms with Gasteiger partial charge in [-0.15, -0.1) is 0 Å². The molecule has 1 aliphatic rings. The van der Waals surface area contributed by atoms with Gasteiger partial charge in [0.15, 0.2) is 0 Å². The Morgan fingerprint density at radius 3 is 2.56 bits per heavy atom. The Kier molecular flexibility index (Phi) is 5.64. The summed E-state index contributed by atoms with van der Waals surface area (Å²) in [6, 6.07) is 15.1. The molecule has 0 bridgehead atoms. The van der Waals surface area contributed by atoms with Crippen LogP contribution in [0.2, 0.25) is 0 Å². The average molecular weight is 367 g/mol. The summed E-state index contributed by atoms with van der Waals surface area (Å²) in [7, 11) is 3.93. The molecule has 0 radical (unpaired) electrons. The largest absolute Gasteiger partial charge is 0.492 e. The Morgan fingerprint density at radius 2 is 1.89 bits per heavy atom. The minimum Gasteiger partial charge on any atom is -0.492 e. The number of nitrogens with one attached hydrogen (secondary N) is 1. The van der Waals surface area contributed by atoms with Crippen LogP contribution in [0.1, 0.15) is 13.3 Å². The fourth-order valence-electron chi connectivity index (χ4n) is 3.16. The van der Waals surface area contributed by atoms with Gasteiger partial charge in [-0.2, -0.15) is 0 Å². The number of carbonyl (C=O) groups excluding carboxylic acids is 2. The van der Waals surface area contributed by atoms with Gasteiger partial charge < -0.3 is 19.9 Å². The van der Waals surface area contributed by atoms with Crippen LogP contribution in [0.4, 0.5) is 17.1 Å². The van der Waals surface area contributed by atoms with E-state index in [1.165, 1.54) is 0 Å². The molecule has 0 spiro atoms. The second-order valence-electron chi connectivity index (χ2n) is 6.74. The van der Waals surface area contributed by atoms with Gasteiger partial charge in [-0.25, -0.2) is 0 Å². The van der Waals surface area contributed by atoms with Crippen molar-refractivity contribution in [3.8, 4) is 5.75 Å². The average Bonchev–Trinajstić information content (AvgIpc) is 3.05. The monoisotopic (exact) mass is 367 g/mol. The van der Waals surface area contributed by atoms with Crippen LogP contribution in [-0.4, -0.2) is 39.1 Å². The van der Waals surface area contributed by atoms with Crippen molar-refractivity contribution >= 4 is 28.9 Å². The Hall–Kier alpha value is -3.02. The van der Waals surface area contributed by atoms with Crippen LogP contribution >= 0.6 is 0 Å². The molecule has 1 N–H and O–H groups in total. The maximum atomic E-state index is 12.6. The molecule has 1 saturated heterocycles. The molecule has 142 valence electrons. The van der Waals surface area contributed by atoms with Crippen LogP contribution in [0.3, 0.4) is 0 Å². The smallest absolute Gasteiger partial charge is 0.229 e. The molecule has 1 unspecified atom stereocenters. The van der Waals surface area contributed by atoms with Crippen molar-refractivity contribution in [1.29, 1.82) is 0 Å². The third-order valence-electron chi connectivity index (χ3n) is 4.60. The number of hydrogen-bond donors (Lipinski definition) is 1. The first-order chi connectivity index (χ1) is 13.0. The third kappa shape index (κ3) is 4.22. The molecular formula is C21H25N3O3. The molecule has 3 rings (SSSR count). The summed E-state index contributed by atoms with van der Waals surface area (Å²) in [5.74, 6) is 0.0667. The lowest BCUT2D eigenvalue weighted by Crippen LogP contribution is -2.28. The number of anilines is 3. The minimum atomic E-state index is -0.388. The van der Waals surface area contributed by atoms with Crippen molar-refractivity contribution in [3.05, 3.63) is 48.5 Å². The highest BCUT2D eigenvalue weighted by atomic mass is 16.5. The Morgan fingerprint density at radius 1 is 1.19 bits per heavy atom. The van der Waals surface area contributed by atoms with E-state index in [4.69, 9.17) is 4.74 Å². The summed E-state index contributed by atoms with van der Waals surface area (Å²) in [5, 5.41) is 2.91. The van der Waals surface area contributed by atoms with E-state index in [0.29, 0.717) is 18.9 Å². The lowest BCUT2D eigenvalue weighted by Gasteiger charge is -2.20. The molecule has 1 heterocycles. The van der Waals surface area contributed by atoms with Gasteiger partial charge in [-0.05, 0) is 43.3 Å². The summed E-state index contributed by atoms with van der Waals surface area (Å²) in [5.41, 5.74) is 2.50. The molecule has 27 heavy (non-hydrogen) atoms. The lowest BCUT2D eigenvalue weighted by molar-refractivity contribution is -0.122. The molecule has 0 aliphatic carbocycles. The predicted molar refractivity (Wildman–Crippen MR) is 107 cm³/mol. The SMILES string of the molecule is CCOc1ccccc1N1CC(C(=O)Nc2ccc(N(C)C)cc2)CC1=O. The quantitative estimate of drug-likeness (QED) is 0.852. The second-order valence-corrected chi connectivity index (χ2v) is 6.74. The summed E-state index contributed by atoms with van der Waals surface area (Å²) < 4.78 is 5.62. The zero-order valence-electron chi connectivity index (χ0n) is 15.9. The van der Waals surface area contributed by atoms with Gasteiger partial charge in [0.2, 0.25) is 11.8 Å². The Bertz CT molecular complexity index is 818. The summed E-state index contributed by atoms with van der Waals surface area (Å²) in [4.78, 5) is 28.8. The van der Waals surface area contributed by atoms with Gasteiger partial charge >= 0.3 is 0 Å². The van der Waals surface area contributed by atoms with Gasteiger partial charge in [0.1, 0.15) is 5.75 Å². The number of carbonyl (C=O) groups is 2. The minimum absolute atomic E-state index is 0.0646. The fraction of sp³-hybridized carbons (Fsp3) is 0.333. The van der Waals surface area contributed by atoms with Gasteiger partial charge in [0.25, 0.3) is 0 Å². The summed E-state index contributed by atoms with van der Waals surface area (Å²) in [6.45, 7) is 2.77. The van der Waals surface area contributed by atoms with E-state index >= 15 is 0 Å². The Balaban J connectivity index is 1.69. The second kappa shape index (κ2) is 8.12. The zero-order chi connectivity index (χ0) is 19.4. The van der Waals surface area contributed by atoms with E-state index in [2.05, 4.69) is 5.32 Å².